The number of ether oxygens (including phenoxy) is 1. The molecule has 2 unspecified atom stereocenters. The average molecular weight is 281 g/mol. The number of hydrogen-bond donors (Lipinski definition) is 1. The smallest absolute Gasteiger partial charge is 0.387 e. The van der Waals surface area contributed by atoms with Crippen LogP contribution >= 0.6 is 0 Å². The van der Waals surface area contributed by atoms with Gasteiger partial charge in [0.25, 0.3) is 0 Å². The molecule has 2 atom stereocenters. The highest BCUT2D eigenvalue weighted by atomic mass is 19.3. The molecule has 110 valence electrons. The van der Waals surface area contributed by atoms with Crippen molar-refractivity contribution in [2.45, 2.75) is 33.3 Å². The number of halogens is 2. The van der Waals surface area contributed by atoms with Crippen LogP contribution in [0, 0.1) is 11.8 Å². The van der Waals surface area contributed by atoms with Crippen molar-refractivity contribution < 1.29 is 13.5 Å². The SMILES string of the molecule is CC1=CC(C)CC(CNc2ccccc2OC(F)F)C1. The predicted octanol–water partition coefficient (Wildman–Crippen LogP) is 4.69. The molecule has 0 spiro atoms. The molecule has 1 N–H and O–H groups in total. The Morgan fingerprint density at radius 1 is 1.35 bits per heavy atom. The number of hydrogen-bond acceptors (Lipinski definition) is 2. The van der Waals surface area contributed by atoms with Gasteiger partial charge in [-0.05, 0) is 43.7 Å². The van der Waals surface area contributed by atoms with Gasteiger partial charge in [0, 0.05) is 6.54 Å². The van der Waals surface area contributed by atoms with Gasteiger partial charge < -0.3 is 10.1 Å². The largest absolute Gasteiger partial charge is 0.433 e. The Labute approximate surface area is 118 Å². The van der Waals surface area contributed by atoms with E-state index in [1.165, 1.54) is 5.57 Å². The molecule has 20 heavy (non-hydrogen) atoms. The van der Waals surface area contributed by atoms with Crippen LogP contribution in [0.15, 0.2) is 35.9 Å². The second-order valence-corrected chi connectivity index (χ2v) is 5.55. The van der Waals surface area contributed by atoms with Crippen molar-refractivity contribution >= 4 is 5.69 Å². The molecular formula is C16H21F2NO. The lowest BCUT2D eigenvalue weighted by Crippen LogP contribution is -2.20. The maximum atomic E-state index is 12.3. The summed E-state index contributed by atoms with van der Waals surface area (Å²) in [5.74, 6) is 1.33. The summed E-state index contributed by atoms with van der Waals surface area (Å²) in [5.41, 5.74) is 2.04. The minimum atomic E-state index is -2.79. The lowest BCUT2D eigenvalue weighted by atomic mass is 9.84. The third kappa shape index (κ3) is 4.22. The van der Waals surface area contributed by atoms with Crippen LogP contribution in [0.1, 0.15) is 26.7 Å². The van der Waals surface area contributed by atoms with Crippen LogP contribution in [0.5, 0.6) is 5.75 Å². The Morgan fingerprint density at radius 3 is 2.80 bits per heavy atom. The molecule has 0 saturated carbocycles. The highest BCUT2D eigenvalue weighted by molar-refractivity contribution is 5.56. The summed E-state index contributed by atoms with van der Waals surface area (Å²) < 4.78 is 29.2. The maximum Gasteiger partial charge on any atom is 0.387 e. The van der Waals surface area contributed by atoms with E-state index in [0.717, 1.165) is 19.4 Å². The zero-order valence-electron chi connectivity index (χ0n) is 11.9. The molecule has 2 nitrogen and oxygen atoms in total. The van der Waals surface area contributed by atoms with Crippen molar-refractivity contribution in [1.82, 2.24) is 0 Å². The normalized spacial score (nSPS) is 22.6. The monoisotopic (exact) mass is 281 g/mol. The van der Waals surface area contributed by atoms with Gasteiger partial charge in [0.1, 0.15) is 5.75 Å². The molecule has 2 rings (SSSR count). The number of para-hydroxylation sites is 2. The molecule has 0 aromatic heterocycles. The van der Waals surface area contributed by atoms with Crippen LogP contribution < -0.4 is 10.1 Å². The highest BCUT2D eigenvalue weighted by Crippen LogP contribution is 2.30. The molecule has 0 aliphatic heterocycles. The minimum absolute atomic E-state index is 0.207. The average Bonchev–Trinajstić information content (AvgIpc) is 2.36. The fourth-order valence-electron chi connectivity index (χ4n) is 2.91. The van der Waals surface area contributed by atoms with Gasteiger partial charge in [0.2, 0.25) is 0 Å². The van der Waals surface area contributed by atoms with Crippen LogP contribution in [0.25, 0.3) is 0 Å². The topological polar surface area (TPSA) is 21.3 Å². The number of alkyl halides is 2. The molecule has 0 heterocycles. The van der Waals surface area contributed by atoms with Gasteiger partial charge in [-0.25, -0.2) is 0 Å². The second-order valence-electron chi connectivity index (χ2n) is 5.55. The lowest BCUT2D eigenvalue weighted by molar-refractivity contribution is -0.0493. The van der Waals surface area contributed by atoms with E-state index in [1.54, 1.807) is 18.2 Å². The summed E-state index contributed by atoms with van der Waals surface area (Å²) >= 11 is 0. The maximum absolute atomic E-state index is 12.3. The first-order valence-electron chi connectivity index (χ1n) is 6.99. The third-order valence-corrected chi connectivity index (χ3v) is 3.57. The summed E-state index contributed by atoms with van der Waals surface area (Å²) in [6, 6.07) is 6.84. The van der Waals surface area contributed by atoms with E-state index in [0.29, 0.717) is 17.5 Å². The molecule has 0 radical (unpaired) electrons. The Morgan fingerprint density at radius 2 is 2.10 bits per heavy atom. The van der Waals surface area contributed by atoms with Crippen LogP contribution in [0.2, 0.25) is 0 Å². The van der Waals surface area contributed by atoms with Crippen molar-refractivity contribution in [2.24, 2.45) is 11.8 Å². The van der Waals surface area contributed by atoms with E-state index in [2.05, 4.69) is 30.0 Å². The summed E-state index contributed by atoms with van der Waals surface area (Å²) in [6.45, 7) is 2.34. The first-order chi connectivity index (χ1) is 9.54. The molecule has 1 aromatic rings. The summed E-state index contributed by atoms with van der Waals surface area (Å²) in [6.07, 6.45) is 4.50. The number of rotatable bonds is 5. The fourth-order valence-corrected chi connectivity index (χ4v) is 2.91. The molecule has 4 heteroatoms. The lowest BCUT2D eigenvalue weighted by Gasteiger charge is -2.26. The molecule has 0 saturated heterocycles. The molecule has 0 bridgehead atoms. The van der Waals surface area contributed by atoms with Gasteiger partial charge in [-0.15, -0.1) is 0 Å². The molecule has 0 fully saturated rings. The van der Waals surface area contributed by atoms with Gasteiger partial charge in [0.15, 0.2) is 0 Å². The molecule has 1 aliphatic carbocycles. The van der Waals surface area contributed by atoms with Gasteiger partial charge >= 0.3 is 6.61 Å². The summed E-state index contributed by atoms with van der Waals surface area (Å²) in [5, 5.41) is 3.24. The first kappa shape index (κ1) is 14.8. The van der Waals surface area contributed by atoms with E-state index in [9.17, 15) is 8.78 Å². The van der Waals surface area contributed by atoms with E-state index in [4.69, 9.17) is 0 Å². The second kappa shape index (κ2) is 6.73. The molecule has 1 aliphatic rings. The van der Waals surface area contributed by atoms with Crippen molar-refractivity contribution in [3.63, 3.8) is 0 Å². The Kier molecular flexibility index (Phi) is 4.99. The molecular weight excluding hydrogens is 260 g/mol. The van der Waals surface area contributed by atoms with Crippen molar-refractivity contribution in [1.29, 1.82) is 0 Å². The van der Waals surface area contributed by atoms with E-state index < -0.39 is 6.61 Å². The van der Waals surface area contributed by atoms with Crippen molar-refractivity contribution in [3.8, 4) is 5.75 Å². The van der Waals surface area contributed by atoms with E-state index in [1.807, 2.05) is 6.07 Å². The first-order valence-corrected chi connectivity index (χ1v) is 6.99. The number of nitrogens with one attached hydrogen (secondary N) is 1. The highest BCUT2D eigenvalue weighted by Gasteiger charge is 2.18. The van der Waals surface area contributed by atoms with Crippen LogP contribution in [0.4, 0.5) is 14.5 Å². The quantitative estimate of drug-likeness (QED) is 0.790. The summed E-state index contributed by atoms with van der Waals surface area (Å²) in [4.78, 5) is 0. The van der Waals surface area contributed by atoms with Crippen LogP contribution in [0.3, 0.4) is 0 Å². The molecule has 1 aromatic carbocycles. The number of allylic oxidation sites excluding steroid dienone is 2. The number of benzene rings is 1. The van der Waals surface area contributed by atoms with E-state index in [-0.39, 0.29) is 5.75 Å². The van der Waals surface area contributed by atoms with Crippen LogP contribution in [-0.2, 0) is 0 Å². The Hall–Kier alpha value is -1.58. The minimum Gasteiger partial charge on any atom is -0.433 e. The van der Waals surface area contributed by atoms with Crippen LogP contribution in [-0.4, -0.2) is 13.2 Å². The molecule has 0 amide bonds. The van der Waals surface area contributed by atoms with Gasteiger partial charge in [0.05, 0.1) is 5.69 Å². The van der Waals surface area contributed by atoms with Crippen molar-refractivity contribution in [2.75, 3.05) is 11.9 Å². The predicted molar refractivity (Wildman–Crippen MR) is 77.2 cm³/mol. The van der Waals surface area contributed by atoms with E-state index >= 15 is 0 Å². The van der Waals surface area contributed by atoms with Gasteiger partial charge in [-0.2, -0.15) is 8.78 Å². The fraction of sp³-hybridized carbons (Fsp3) is 0.500. The number of anilines is 1. The zero-order chi connectivity index (χ0) is 14.5. The standard InChI is InChI=1S/C16H21F2NO/c1-11-7-12(2)9-13(8-11)10-19-14-5-3-4-6-15(14)20-16(17)18/h3-7,11,13,16,19H,8-10H2,1-2H3. The zero-order valence-corrected chi connectivity index (χ0v) is 11.9. The third-order valence-electron chi connectivity index (χ3n) is 3.57. The summed E-state index contributed by atoms with van der Waals surface area (Å²) in [7, 11) is 0. The Bertz CT molecular complexity index is 473. The van der Waals surface area contributed by atoms with Gasteiger partial charge in [-0.1, -0.05) is 30.7 Å². The van der Waals surface area contributed by atoms with Gasteiger partial charge in [-0.3, -0.25) is 0 Å². The Balaban J connectivity index is 1.96. The van der Waals surface area contributed by atoms with Crippen molar-refractivity contribution in [3.05, 3.63) is 35.9 Å².